The van der Waals surface area contributed by atoms with E-state index in [0.717, 1.165) is 17.0 Å². The molecule has 1 N–H and O–H groups in total. The molecule has 26 heavy (non-hydrogen) atoms. The lowest BCUT2D eigenvalue weighted by Crippen LogP contribution is -2.24. The van der Waals surface area contributed by atoms with Gasteiger partial charge in [0, 0.05) is 24.2 Å². The topological polar surface area (TPSA) is 59.8 Å². The van der Waals surface area contributed by atoms with E-state index in [2.05, 4.69) is 15.5 Å². The lowest BCUT2D eigenvalue weighted by molar-refractivity contribution is -0.118. The third-order valence-electron chi connectivity index (χ3n) is 3.88. The molecule has 0 aliphatic heterocycles. The summed E-state index contributed by atoms with van der Waals surface area (Å²) in [4.78, 5) is 12.1. The Bertz CT molecular complexity index is 891. The molecule has 134 valence electrons. The van der Waals surface area contributed by atoms with Gasteiger partial charge in [-0.3, -0.25) is 4.79 Å². The summed E-state index contributed by atoms with van der Waals surface area (Å²) >= 11 is 7.22. The Morgan fingerprint density at radius 2 is 1.81 bits per heavy atom. The van der Waals surface area contributed by atoms with Gasteiger partial charge in [-0.1, -0.05) is 65.3 Å². The SMILES string of the molecule is Cc1ccc(-c2nnc(SCC(=O)NCc3ccc(Cl)cc3)n2C)cc1. The monoisotopic (exact) mass is 386 g/mol. The van der Waals surface area contributed by atoms with Gasteiger partial charge in [0.25, 0.3) is 0 Å². The summed E-state index contributed by atoms with van der Waals surface area (Å²) in [5.74, 6) is 1.02. The Morgan fingerprint density at radius 1 is 1.12 bits per heavy atom. The molecule has 0 fully saturated rings. The van der Waals surface area contributed by atoms with Crippen molar-refractivity contribution in [3.63, 3.8) is 0 Å². The number of benzene rings is 2. The van der Waals surface area contributed by atoms with Crippen molar-refractivity contribution in [1.29, 1.82) is 0 Å². The molecular formula is C19H19ClN4OS. The van der Waals surface area contributed by atoms with E-state index >= 15 is 0 Å². The molecule has 3 aromatic rings. The molecule has 0 atom stereocenters. The van der Waals surface area contributed by atoms with Crippen molar-refractivity contribution in [2.24, 2.45) is 7.05 Å². The van der Waals surface area contributed by atoms with E-state index in [-0.39, 0.29) is 11.7 Å². The van der Waals surface area contributed by atoms with Gasteiger partial charge in [0.1, 0.15) is 0 Å². The molecule has 0 saturated heterocycles. The van der Waals surface area contributed by atoms with Gasteiger partial charge in [-0.05, 0) is 24.6 Å². The fraction of sp³-hybridized carbons (Fsp3) is 0.211. The predicted octanol–water partition coefficient (Wildman–Crippen LogP) is 3.85. The molecule has 1 amide bonds. The van der Waals surface area contributed by atoms with Crippen LogP contribution in [0.5, 0.6) is 0 Å². The van der Waals surface area contributed by atoms with E-state index < -0.39 is 0 Å². The van der Waals surface area contributed by atoms with Crippen LogP contribution in [0.15, 0.2) is 53.7 Å². The predicted molar refractivity (Wildman–Crippen MR) is 105 cm³/mol. The fourth-order valence-electron chi connectivity index (χ4n) is 2.38. The smallest absolute Gasteiger partial charge is 0.230 e. The molecule has 0 aliphatic carbocycles. The second kappa shape index (κ2) is 8.38. The Labute approximate surface area is 161 Å². The highest BCUT2D eigenvalue weighted by atomic mass is 35.5. The first-order valence-corrected chi connectivity index (χ1v) is 9.49. The van der Waals surface area contributed by atoms with Crippen LogP contribution in [0.1, 0.15) is 11.1 Å². The van der Waals surface area contributed by atoms with E-state index in [0.29, 0.717) is 16.7 Å². The van der Waals surface area contributed by atoms with Crippen molar-refractivity contribution in [3.8, 4) is 11.4 Å². The van der Waals surface area contributed by atoms with Gasteiger partial charge >= 0.3 is 0 Å². The first-order chi connectivity index (χ1) is 12.5. The molecule has 2 aromatic carbocycles. The number of carbonyl (C=O) groups excluding carboxylic acids is 1. The number of halogens is 1. The van der Waals surface area contributed by atoms with Crippen LogP contribution in [0.4, 0.5) is 0 Å². The van der Waals surface area contributed by atoms with E-state index in [1.165, 1.54) is 17.3 Å². The standard InChI is InChI=1S/C19H19ClN4OS/c1-13-3-7-15(8-4-13)18-22-23-19(24(18)2)26-12-17(25)21-11-14-5-9-16(20)10-6-14/h3-10H,11-12H2,1-2H3,(H,21,25). The first-order valence-electron chi connectivity index (χ1n) is 8.13. The van der Waals surface area contributed by atoms with Crippen molar-refractivity contribution in [1.82, 2.24) is 20.1 Å². The number of nitrogens with one attached hydrogen (secondary N) is 1. The summed E-state index contributed by atoms with van der Waals surface area (Å²) in [6, 6.07) is 15.5. The number of amides is 1. The van der Waals surface area contributed by atoms with Gasteiger partial charge in [-0.25, -0.2) is 0 Å². The zero-order valence-corrected chi connectivity index (χ0v) is 16.1. The molecule has 0 unspecified atom stereocenters. The molecule has 7 heteroatoms. The van der Waals surface area contributed by atoms with Crippen LogP contribution < -0.4 is 5.32 Å². The van der Waals surface area contributed by atoms with Crippen molar-refractivity contribution in [2.45, 2.75) is 18.6 Å². The number of rotatable bonds is 6. The molecule has 0 aliphatic rings. The van der Waals surface area contributed by atoms with Crippen LogP contribution >= 0.6 is 23.4 Å². The number of hydrogen-bond donors (Lipinski definition) is 1. The normalized spacial score (nSPS) is 10.7. The number of aromatic nitrogens is 3. The third kappa shape index (κ3) is 4.65. The van der Waals surface area contributed by atoms with Crippen molar-refractivity contribution < 1.29 is 4.79 Å². The minimum Gasteiger partial charge on any atom is -0.351 e. The Hall–Kier alpha value is -2.31. The van der Waals surface area contributed by atoms with E-state index in [4.69, 9.17) is 11.6 Å². The summed E-state index contributed by atoms with van der Waals surface area (Å²) in [7, 11) is 1.91. The summed E-state index contributed by atoms with van der Waals surface area (Å²) < 4.78 is 1.90. The number of nitrogens with zero attached hydrogens (tertiary/aromatic N) is 3. The maximum absolute atomic E-state index is 12.1. The second-order valence-electron chi connectivity index (χ2n) is 5.92. The zero-order valence-electron chi connectivity index (χ0n) is 14.6. The number of hydrogen-bond acceptors (Lipinski definition) is 4. The molecule has 0 spiro atoms. The summed E-state index contributed by atoms with van der Waals surface area (Å²) in [6.07, 6.45) is 0. The highest BCUT2D eigenvalue weighted by Gasteiger charge is 2.12. The van der Waals surface area contributed by atoms with Crippen LogP contribution in [-0.2, 0) is 18.4 Å². The maximum Gasteiger partial charge on any atom is 0.230 e. The molecule has 0 saturated carbocycles. The van der Waals surface area contributed by atoms with Crippen molar-refractivity contribution in [3.05, 3.63) is 64.7 Å². The third-order valence-corrected chi connectivity index (χ3v) is 5.15. The molecule has 1 aromatic heterocycles. The summed E-state index contributed by atoms with van der Waals surface area (Å²) in [5, 5.41) is 12.7. The molecule has 3 rings (SSSR count). The van der Waals surface area contributed by atoms with Gasteiger partial charge in [-0.15, -0.1) is 10.2 Å². The minimum absolute atomic E-state index is 0.0511. The molecular weight excluding hydrogens is 368 g/mol. The lowest BCUT2D eigenvalue weighted by Gasteiger charge is -2.06. The largest absolute Gasteiger partial charge is 0.351 e. The highest BCUT2D eigenvalue weighted by Crippen LogP contribution is 2.22. The van der Waals surface area contributed by atoms with Crippen LogP contribution in [0.25, 0.3) is 11.4 Å². The average molecular weight is 387 g/mol. The molecule has 0 radical (unpaired) electrons. The van der Waals surface area contributed by atoms with Gasteiger partial charge < -0.3 is 9.88 Å². The van der Waals surface area contributed by atoms with Crippen LogP contribution in [0, 0.1) is 6.92 Å². The number of aryl methyl sites for hydroxylation is 1. The molecule has 1 heterocycles. The first kappa shape index (κ1) is 18.5. The van der Waals surface area contributed by atoms with Crippen molar-refractivity contribution >= 4 is 29.3 Å². The highest BCUT2D eigenvalue weighted by molar-refractivity contribution is 7.99. The second-order valence-corrected chi connectivity index (χ2v) is 7.30. The Morgan fingerprint density at radius 3 is 2.50 bits per heavy atom. The van der Waals surface area contributed by atoms with Gasteiger partial charge in [-0.2, -0.15) is 0 Å². The maximum atomic E-state index is 12.1. The lowest BCUT2D eigenvalue weighted by atomic mass is 10.1. The summed E-state index contributed by atoms with van der Waals surface area (Å²) in [6.45, 7) is 2.52. The molecule has 5 nitrogen and oxygen atoms in total. The molecule has 0 bridgehead atoms. The van der Waals surface area contributed by atoms with E-state index in [1.54, 1.807) is 0 Å². The average Bonchev–Trinajstić information content (AvgIpc) is 3.01. The van der Waals surface area contributed by atoms with Gasteiger partial charge in [0.15, 0.2) is 11.0 Å². The number of thioether (sulfide) groups is 1. The summed E-state index contributed by atoms with van der Waals surface area (Å²) in [5.41, 5.74) is 3.21. The van der Waals surface area contributed by atoms with Crippen molar-refractivity contribution in [2.75, 3.05) is 5.75 Å². The van der Waals surface area contributed by atoms with E-state index in [1.807, 2.05) is 67.1 Å². The fourth-order valence-corrected chi connectivity index (χ4v) is 3.25. The Kier molecular flexibility index (Phi) is 5.96. The zero-order chi connectivity index (χ0) is 18.5. The van der Waals surface area contributed by atoms with Gasteiger partial charge in [0.05, 0.1) is 5.75 Å². The Balaban J connectivity index is 1.55. The van der Waals surface area contributed by atoms with Crippen LogP contribution in [0.2, 0.25) is 5.02 Å². The van der Waals surface area contributed by atoms with Gasteiger partial charge in [0.2, 0.25) is 5.91 Å². The van der Waals surface area contributed by atoms with Crippen LogP contribution in [-0.4, -0.2) is 26.4 Å². The number of carbonyl (C=O) groups is 1. The quantitative estimate of drug-likeness (QED) is 0.653. The van der Waals surface area contributed by atoms with Crippen LogP contribution in [0.3, 0.4) is 0 Å². The van der Waals surface area contributed by atoms with E-state index in [9.17, 15) is 4.79 Å². The minimum atomic E-state index is -0.0511.